The summed E-state index contributed by atoms with van der Waals surface area (Å²) in [4.78, 5) is 1.90. The number of rotatable bonds is 7. The van der Waals surface area contributed by atoms with Gasteiger partial charge in [-0.2, -0.15) is 0 Å². The fourth-order valence-electron chi connectivity index (χ4n) is 2.72. The quantitative estimate of drug-likeness (QED) is 0.615. The van der Waals surface area contributed by atoms with Crippen LogP contribution in [0.4, 0.5) is 0 Å². The lowest BCUT2D eigenvalue weighted by Crippen LogP contribution is -2.22. The van der Waals surface area contributed by atoms with Gasteiger partial charge < -0.3 is 5.11 Å². The van der Waals surface area contributed by atoms with E-state index in [1.807, 2.05) is 54.6 Å². The molecular weight excluding hydrogens is 378 g/mol. The van der Waals surface area contributed by atoms with Crippen molar-refractivity contribution in [1.82, 2.24) is 4.72 Å². The van der Waals surface area contributed by atoms with E-state index in [4.69, 9.17) is 0 Å². The Balaban J connectivity index is 1.67. The van der Waals surface area contributed by atoms with Crippen LogP contribution in [0, 0.1) is 0 Å². The molecular formula is C21H23NO3S2. The molecule has 0 saturated heterocycles. The van der Waals surface area contributed by atoms with Crippen LogP contribution in [-0.4, -0.2) is 13.5 Å². The van der Waals surface area contributed by atoms with Crippen LogP contribution < -0.4 is 4.72 Å². The van der Waals surface area contributed by atoms with Gasteiger partial charge in [-0.25, -0.2) is 13.1 Å². The van der Waals surface area contributed by atoms with Crippen LogP contribution in [0.3, 0.4) is 0 Å². The van der Waals surface area contributed by atoms with Gasteiger partial charge in [0.2, 0.25) is 10.0 Å². The molecule has 0 aliphatic carbocycles. The monoisotopic (exact) mass is 401 g/mol. The maximum absolute atomic E-state index is 12.5. The van der Waals surface area contributed by atoms with Crippen molar-refractivity contribution < 1.29 is 13.5 Å². The number of nitrogens with one attached hydrogen (secondary N) is 1. The maximum atomic E-state index is 12.5. The summed E-state index contributed by atoms with van der Waals surface area (Å²) in [5.41, 5.74) is 1.92. The smallest absolute Gasteiger partial charge is 0.240 e. The van der Waals surface area contributed by atoms with Crippen molar-refractivity contribution in [3.05, 3.63) is 87.6 Å². The fraction of sp³-hybridized carbons (Fsp3) is 0.238. The Hall–Kier alpha value is -1.99. The number of sulfonamides is 1. The Morgan fingerprint density at radius 1 is 0.926 bits per heavy atom. The van der Waals surface area contributed by atoms with E-state index in [9.17, 15) is 13.5 Å². The van der Waals surface area contributed by atoms with Crippen LogP contribution in [0.2, 0.25) is 0 Å². The molecule has 0 fully saturated rings. The third-order valence-corrected chi connectivity index (χ3v) is 6.92. The summed E-state index contributed by atoms with van der Waals surface area (Å²) in [6, 6.07) is 20.0. The number of thiophene rings is 1. The molecule has 4 nitrogen and oxygen atoms in total. The molecule has 0 bridgehead atoms. The van der Waals surface area contributed by atoms with Gasteiger partial charge in [0.15, 0.2) is 0 Å². The van der Waals surface area contributed by atoms with Crippen LogP contribution in [0.15, 0.2) is 71.6 Å². The highest BCUT2D eigenvalue weighted by atomic mass is 32.2. The molecule has 3 rings (SSSR count). The topological polar surface area (TPSA) is 66.4 Å². The van der Waals surface area contributed by atoms with E-state index in [-0.39, 0.29) is 11.4 Å². The summed E-state index contributed by atoms with van der Waals surface area (Å²) in [6.45, 7) is 4.33. The molecule has 1 heterocycles. The Labute approximate surface area is 164 Å². The highest BCUT2D eigenvalue weighted by molar-refractivity contribution is 7.89. The van der Waals surface area contributed by atoms with Gasteiger partial charge in [0.05, 0.1) is 4.90 Å². The molecule has 0 radical (unpaired) electrons. The molecule has 3 aromatic rings. The van der Waals surface area contributed by atoms with Crippen LogP contribution in [0.5, 0.6) is 0 Å². The lowest BCUT2D eigenvalue weighted by molar-refractivity contribution is 0.224. The van der Waals surface area contributed by atoms with Crippen LogP contribution in [-0.2, 0) is 16.6 Å². The standard InChI is InChI=1S/C21H23NO3S2/c1-15(2)16-8-11-19(12-9-16)27(24,25)22-14-18-10-13-20(26-18)21(23)17-6-4-3-5-7-17/h3-13,15,21-23H,14H2,1-2H3. The lowest BCUT2D eigenvalue weighted by atomic mass is 10.0. The van der Waals surface area contributed by atoms with Crippen molar-refractivity contribution in [1.29, 1.82) is 0 Å². The van der Waals surface area contributed by atoms with E-state index in [0.717, 1.165) is 20.9 Å². The zero-order valence-electron chi connectivity index (χ0n) is 15.3. The number of aliphatic hydroxyl groups is 1. The van der Waals surface area contributed by atoms with Crippen molar-refractivity contribution in [3.63, 3.8) is 0 Å². The summed E-state index contributed by atoms with van der Waals surface area (Å²) < 4.78 is 27.6. The maximum Gasteiger partial charge on any atom is 0.240 e. The average Bonchev–Trinajstić information content (AvgIpc) is 3.16. The highest BCUT2D eigenvalue weighted by Crippen LogP contribution is 2.28. The summed E-state index contributed by atoms with van der Waals surface area (Å²) in [5.74, 6) is 0.357. The van der Waals surface area contributed by atoms with Gasteiger partial charge in [0, 0.05) is 16.3 Å². The number of benzene rings is 2. The fourth-order valence-corrected chi connectivity index (χ4v) is 4.78. The predicted octanol–water partition coefficient (Wildman–Crippen LogP) is 4.43. The van der Waals surface area contributed by atoms with Gasteiger partial charge >= 0.3 is 0 Å². The minimum Gasteiger partial charge on any atom is -0.383 e. The number of hydrogen-bond donors (Lipinski definition) is 2. The van der Waals surface area contributed by atoms with Gasteiger partial charge in [0.1, 0.15) is 6.10 Å². The molecule has 0 aliphatic rings. The van der Waals surface area contributed by atoms with E-state index in [1.54, 1.807) is 12.1 Å². The summed E-state index contributed by atoms with van der Waals surface area (Å²) in [7, 11) is -3.57. The third-order valence-electron chi connectivity index (χ3n) is 4.36. The van der Waals surface area contributed by atoms with E-state index in [0.29, 0.717) is 5.92 Å². The molecule has 0 amide bonds. The van der Waals surface area contributed by atoms with Crippen LogP contribution >= 0.6 is 11.3 Å². The molecule has 1 unspecified atom stereocenters. The highest BCUT2D eigenvalue weighted by Gasteiger charge is 2.16. The molecule has 27 heavy (non-hydrogen) atoms. The summed E-state index contributed by atoms with van der Waals surface area (Å²) >= 11 is 1.40. The van der Waals surface area contributed by atoms with E-state index in [1.165, 1.54) is 11.3 Å². The Morgan fingerprint density at radius 2 is 1.59 bits per heavy atom. The van der Waals surface area contributed by atoms with Crippen molar-refractivity contribution in [2.75, 3.05) is 0 Å². The van der Waals surface area contributed by atoms with Crippen LogP contribution in [0.25, 0.3) is 0 Å². The number of hydrogen-bond acceptors (Lipinski definition) is 4. The summed E-state index contributed by atoms with van der Waals surface area (Å²) in [5, 5.41) is 10.5. The van der Waals surface area contributed by atoms with Gasteiger partial charge in [-0.15, -0.1) is 11.3 Å². The molecule has 0 aliphatic heterocycles. The molecule has 0 spiro atoms. The van der Waals surface area contributed by atoms with E-state index in [2.05, 4.69) is 18.6 Å². The summed E-state index contributed by atoms with van der Waals surface area (Å²) in [6.07, 6.45) is -0.704. The van der Waals surface area contributed by atoms with Crippen molar-refractivity contribution >= 4 is 21.4 Å². The minimum atomic E-state index is -3.57. The van der Waals surface area contributed by atoms with Crippen molar-refractivity contribution in [2.45, 2.75) is 37.3 Å². The first-order valence-electron chi connectivity index (χ1n) is 8.78. The number of aliphatic hydroxyl groups excluding tert-OH is 1. The van der Waals surface area contributed by atoms with E-state index < -0.39 is 16.1 Å². The van der Waals surface area contributed by atoms with Gasteiger partial charge in [-0.3, -0.25) is 0 Å². The second kappa shape index (κ2) is 8.35. The second-order valence-corrected chi connectivity index (χ2v) is 9.63. The van der Waals surface area contributed by atoms with Crippen LogP contribution in [0.1, 0.15) is 46.8 Å². The predicted molar refractivity (Wildman–Crippen MR) is 109 cm³/mol. The SMILES string of the molecule is CC(C)c1ccc(S(=O)(=O)NCc2ccc(C(O)c3ccccc3)s2)cc1. The van der Waals surface area contributed by atoms with Crippen molar-refractivity contribution in [2.24, 2.45) is 0 Å². The largest absolute Gasteiger partial charge is 0.383 e. The van der Waals surface area contributed by atoms with Gasteiger partial charge in [0.25, 0.3) is 0 Å². The molecule has 2 aromatic carbocycles. The third kappa shape index (κ3) is 4.84. The molecule has 6 heteroatoms. The Kier molecular flexibility index (Phi) is 6.11. The molecule has 1 aromatic heterocycles. The molecule has 0 saturated carbocycles. The Bertz CT molecular complexity index is 978. The van der Waals surface area contributed by atoms with Gasteiger partial charge in [-0.1, -0.05) is 56.3 Å². The van der Waals surface area contributed by atoms with E-state index >= 15 is 0 Å². The Morgan fingerprint density at radius 3 is 2.22 bits per heavy atom. The first kappa shape index (κ1) is 19.8. The molecule has 142 valence electrons. The zero-order chi connectivity index (χ0) is 19.4. The minimum absolute atomic E-state index is 0.195. The normalized spacial score (nSPS) is 13.0. The molecule has 2 N–H and O–H groups in total. The van der Waals surface area contributed by atoms with Gasteiger partial charge in [-0.05, 0) is 41.3 Å². The molecule has 1 atom stereocenters. The first-order valence-corrected chi connectivity index (χ1v) is 11.1. The lowest BCUT2D eigenvalue weighted by Gasteiger charge is -2.09. The zero-order valence-corrected chi connectivity index (χ0v) is 16.9. The second-order valence-electron chi connectivity index (χ2n) is 6.67. The average molecular weight is 402 g/mol. The first-order chi connectivity index (χ1) is 12.9. The van der Waals surface area contributed by atoms with Crippen molar-refractivity contribution in [3.8, 4) is 0 Å².